The summed E-state index contributed by atoms with van der Waals surface area (Å²) >= 11 is 0. The number of benzene rings is 1. The van der Waals surface area contributed by atoms with Gasteiger partial charge in [-0.2, -0.15) is 0 Å². The lowest BCUT2D eigenvalue weighted by molar-refractivity contribution is 0.250. The lowest BCUT2D eigenvalue weighted by Crippen LogP contribution is -2.37. The topological polar surface area (TPSA) is 77.6 Å². The van der Waals surface area contributed by atoms with Gasteiger partial charge in [-0.15, -0.1) is 0 Å². The van der Waals surface area contributed by atoms with Gasteiger partial charge in [-0.1, -0.05) is 12.1 Å². The molecule has 21 heavy (non-hydrogen) atoms. The van der Waals surface area contributed by atoms with E-state index < -0.39 is 0 Å². The van der Waals surface area contributed by atoms with Gasteiger partial charge in [0, 0.05) is 24.3 Å². The van der Waals surface area contributed by atoms with E-state index in [4.69, 9.17) is 0 Å². The van der Waals surface area contributed by atoms with E-state index in [9.17, 15) is 4.79 Å². The Morgan fingerprint density at radius 1 is 1.38 bits per heavy atom. The van der Waals surface area contributed by atoms with Gasteiger partial charge in [0.15, 0.2) is 5.96 Å². The highest BCUT2D eigenvalue weighted by molar-refractivity contribution is 5.89. The van der Waals surface area contributed by atoms with Crippen molar-refractivity contribution in [1.82, 2.24) is 16.0 Å². The highest BCUT2D eigenvalue weighted by atomic mass is 16.2. The predicted octanol–water partition coefficient (Wildman–Crippen LogP) is 1.65. The normalized spacial score (nSPS) is 17.1. The summed E-state index contributed by atoms with van der Waals surface area (Å²) in [6.07, 6.45) is 0. The molecular weight excluding hydrogens is 266 g/mol. The van der Waals surface area contributed by atoms with Crippen molar-refractivity contribution in [2.24, 2.45) is 4.99 Å². The molecule has 2 rings (SSSR count). The Balaban J connectivity index is 1.80. The number of rotatable bonds is 4. The molecule has 1 unspecified atom stereocenters. The third kappa shape index (κ3) is 4.98. The number of guanidine groups is 1. The molecule has 0 saturated heterocycles. The van der Waals surface area contributed by atoms with Crippen molar-refractivity contribution in [2.45, 2.75) is 39.4 Å². The van der Waals surface area contributed by atoms with Crippen molar-refractivity contribution >= 4 is 17.7 Å². The molecule has 1 aliphatic rings. The standard InChI is InChI=1S/C15H23N5O/c1-10(2)18-15(21)20-13-6-4-12(5-7-13)9-17-14-16-8-11(3)19-14/h4-7,10-11H,8-9H2,1-3H3,(H2,16,17,19)(H2,18,20,21). The van der Waals surface area contributed by atoms with Gasteiger partial charge < -0.3 is 21.3 Å². The second kappa shape index (κ2) is 6.97. The zero-order valence-corrected chi connectivity index (χ0v) is 12.7. The molecule has 1 aliphatic heterocycles. The van der Waals surface area contributed by atoms with Crippen LogP contribution in [0.3, 0.4) is 0 Å². The number of hydrogen-bond acceptors (Lipinski definition) is 4. The van der Waals surface area contributed by atoms with E-state index in [0.29, 0.717) is 12.6 Å². The van der Waals surface area contributed by atoms with E-state index in [-0.39, 0.29) is 12.1 Å². The molecule has 0 aromatic heterocycles. The first kappa shape index (κ1) is 15.2. The van der Waals surface area contributed by atoms with Crippen LogP contribution in [0.25, 0.3) is 0 Å². The van der Waals surface area contributed by atoms with Crippen LogP contribution in [0.5, 0.6) is 0 Å². The third-order valence-electron chi connectivity index (χ3n) is 3.00. The quantitative estimate of drug-likeness (QED) is 0.681. The minimum absolute atomic E-state index is 0.121. The van der Waals surface area contributed by atoms with E-state index in [1.54, 1.807) is 0 Å². The van der Waals surface area contributed by atoms with Crippen LogP contribution in [0.4, 0.5) is 10.5 Å². The highest BCUT2D eigenvalue weighted by Crippen LogP contribution is 2.09. The first-order valence-electron chi connectivity index (χ1n) is 7.24. The van der Waals surface area contributed by atoms with Crippen LogP contribution >= 0.6 is 0 Å². The van der Waals surface area contributed by atoms with Crippen LogP contribution in [0.15, 0.2) is 29.3 Å². The number of carbonyl (C=O) groups is 1. The van der Waals surface area contributed by atoms with E-state index in [2.05, 4.69) is 33.2 Å². The molecule has 1 atom stereocenters. The van der Waals surface area contributed by atoms with Gasteiger partial charge in [-0.25, -0.2) is 4.79 Å². The maximum absolute atomic E-state index is 11.6. The maximum atomic E-state index is 11.6. The number of carbonyl (C=O) groups excluding carboxylic acids is 1. The van der Waals surface area contributed by atoms with Gasteiger partial charge >= 0.3 is 6.03 Å². The minimum atomic E-state index is -0.186. The molecule has 1 heterocycles. The SMILES string of the molecule is CC(C)NC(=O)Nc1ccc(CNC2=NCC(C)N2)cc1. The smallest absolute Gasteiger partial charge is 0.319 e. The maximum Gasteiger partial charge on any atom is 0.319 e. The fraction of sp³-hybridized carbons (Fsp3) is 0.467. The Morgan fingerprint density at radius 3 is 2.67 bits per heavy atom. The zero-order valence-electron chi connectivity index (χ0n) is 12.7. The third-order valence-corrected chi connectivity index (χ3v) is 3.00. The van der Waals surface area contributed by atoms with Crippen molar-refractivity contribution in [2.75, 3.05) is 11.9 Å². The van der Waals surface area contributed by atoms with Gasteiger partial charge in [0.2, 0.25) is 0 Å². The molecule has 6 nitrogen and oxygen atoms in total. The molecule has 2 amide bonds. The Hall–Kier alpha value is -2.24. The lowest BCUT2D eigenvalue weighted by atomic mass is 10.2. The largest absolute Gasteiger partial charge is 0.352 e. The van der Waals surface area contributed by atoms with E-state index in [0.717, 1.165) is 23.8 Å². The summed E-state index contributed by atoms with van der Waals surface area (Å²) in [7, 11) is 0. The number of nitrogens with one attached hydrogen (secondary N) is 4. The average Bonchev–Trinajstić information content (AvgIpc) is 2.83. The second-order valence-electron chi connectivity index (χ2n) is 5.54. The Morgan fingerprint density at radius 2 is 2.10 bits per heavy atom. The van der Waals surface area contributed by atoms with Crippen molar-refractivity contribution in [1.29, 1.82) is 0 Å². The summed E-state index contributed by atoms with van der Waals surface area (Å²) in [4.78, 5) is 15.9. The van der Waals surface area contributed by atoms with Crippen LogP contribution in [0.1, 0.15) is 26.3 Å². The first-order valence-corrected chi connectivity index (χ1v) is 7.24. The van der Waals surface area contributed by atoms with E-state index >= 15 is 0 Å². The summed E-state index contributed by atoms with van der Waals surface area (Å²) in [5, 5.41) is 12.1. The molecular formula is C15H23N5O. The second-order valence-corrected chi connectivity index (χ2v) is 5.54. The molecule has 114 valence electrons. The van der Waals surface area contributed by atoms with Crippen molar-refractivity contribution < 1.29 is 4.79 Å². The van der Waals surface area contributed by atoms with Crippen LogP contribution in [0.2, 0.25) is 0 Å². The van der Waals surface area contributed by atoms with Crippen molar-refractivity contribution in [3.05, 3.63) is 29.8 Å². The first-order chi connectivity index (χ1) is 10.0. The summed E-state index contributed by atoms with van der Waals surface area (Å²) in [6, 6.07) is 8.09. The predicted molar refractivity (Wildman–Crippen MR) is 85.5 cm³/mol. The van der Waals surface area contributed by atoms with Gasteiger partial charge in [0.1, 0.15) is 0 Å². The molecule has 0 aliphatic carbocycles. The molecule has 0 bridgehead atoms. The van der Waals surface area contributed by atoms with Crippen LogP contribution in [0, 0.1) is 0 Å². The number of anilines is 1. The molecule has 0 spiro atoms. The Bertz CT molecular complexity index is 509. The van der Waals surface area contributed by atoms with Crippen LogP contribution < -0.4 is 21.3 Å². The number of aliphatic imine (C=N–C) groups is 1. The van der Waals surface area contributed by atoms with Crippen LogP contribution in [-0.4, -0.2) is 30.6 Å². The van der Waals surface area contributed by atoms with Gasteiger partial charge in [0.05, 0.1) is 6.54 Å². The Labute approximate surface area is 125 Å². The summed E-state index contributed by atoms with van der Waals surface area (Å²) in [5.74, 6) is 0.848. The number of amides is 2. The summed E-state index contributed by atoms with van der Waals surface area (Å²) in [6.45, 7) is 7.47. The fourth-order valence-corrected chi connectivity index (χ4v) is 1.98. The molecule has 0 radical (unpaired) electrons. The summed E-state index contributed by atoms with van der Waals surface area (Å²) in [5.41, 5.74) is 1.91. The Kier molecular flexibility index (Phi) is 5.03. The fourth-order valence-electron chi connectivity index (χ4n) is 1.98. The average molecular weight is 289 g/mol. The number of urea groups is 1. The van der Waals surface area contributed by atoms with Gasteiger partial charge in [0.25, 0.3) is 0 Å². The summed E-state index contributed by atoms with van der Waals surface area (Å²) < 4.78 is 0. The van der Waals surface area contributed by atoms with E-state index in [1.807, 2.05) is 38.1 Å². The number of hydrogen-bond donors (Lipinski definition) is 4. The van der Waals surface area contributed by atoms with Crippen LogP contribution in [-0.2, 0) is 6.54 Å². The zero-order chi connectivity index (χ0) is 15.2. The van der Waals surface area contributed by atoms with Crippen molar-refractivity contribution in [3.8, 4) is 0 Å². The van der Waals surface area contributed by atoms with E-state index in [1.165, 1.54) is 0 Å². The molecule has 6 heteroatoms. The molecule has 1 aromatic rings. The van der Waals surface area contributed by atoms with Gasteiger partial charge in [-0.05, 0) is 38.5 Å². The lowest BCUT2D eigenvalue weighted by Gasteiger charge is -2.11. The molecule has 0 fully saturated rings. The minimum Gasteiger partial charge on any atom is -0.352 e. The molecule has 1 aromatic carbocycles. The van der Waals surface area contributed by atoms with Crippen molar-refractivity contribution in [3.63, 3.8) is 0 Å². The molecule has 0 saturated carbocycles. The monoisotopic (exact) mass is 289 g/mol. The highest BCUT2D eigenvalue weighted by Gasteiger charge is 2.11. The molecule has 4 N–H and O–H groups in total. The van der Waals surface area contributed by atoms with Gasteiger partial charge in [-0.3, -0.25) is 4.99 Å². The number of nitrogens with zero attached hydrogens (tertiary/aromatic N) is 1.